The molecule has 0 fully saturated rings. The van der Waals surface area contributed by atoms with Crippen molar-refractivity contribution in [2.24, 2.45) is 0 Å². The lowest BCUT2D eigenvalue weighted by Crippen LogP contribution is -3.00. The van der Waals surface area contributed by atoms with Gasteiger partial charge >= 0.3 is 0 Å². The minimum Gasteiger partial charge on any atom is -1.00 e. The maximum absolute atomic E-state index is 9.21. The summed E-state index contributed by atoms with van der Waals surface area (Å²) in [6.45, 7) is 6.62. The zero-order valence-corrected chi connectivity index (χ0v) is 10.5. The summed E-state index contributed by atoms with van der Waals surface area (Å²) in [4.78, 5) is 4.28. The van der Waals surface area contributed by atoms with Gasteiger partial charge < -0.3 is 22.3 Å². The summed E-state index contributed by atoms with van der Waals surface area (Å²) in [6.07, 6.45) is 1.73. The van der Waals surface area contributed by atoms with Crippen LogP contribution in [0.5, 0.6) is 0 Å². The SMILES string of the molecule is Cc1ncc(CO)c2c1[NH2+]C(C)(C)OC2.[Cl-]. The molecule has 0 saturated carbocycles. The fraction of sp³-hybridized carbons (Fsp3) is 0.545. The molecule has 0 aliphatic carbocycles. The van der Waals surface area contributed by atoms with E-state index in [1.807, 2.05) is 20.8 Å². The highest BCUT2D eigenvalue weighted by Crippen LogP contribution is 2.25. The third-order valence-corrected chi connectivity index (χ3v) is 2.77. The molecule has 0 unspecified atom stereocenters. The van der Waals surface area contributed by atoms with Crippen molar-refractivity contribution in [3.63, 3.8) is 0 Å². The van der Waals surface area contributed by atoms with E-state index in [4.69, 9.17) is 4.74 Å². The van der Waals surface area contributed by atoms with Crippen LogP contribution >= 0.6 is 0 Å². The largest absolute Gasteiger partial charge is 1.00 e. The summed E-state index contributed by atoms with van der Waals surface area (Å²) in [5, 5.41) is 11.3. The number of quaternary nitrogens is 1. The fourth-order valence-electron chi connectivity index (χ4n) is 1.86. The molecule has 1 aliphatic heterocycles. The van der Waals surface area contributed by atoms with Crippen LogP contribution in [0.3, 0.4) is 0 Å². The molecular weight excluding hydrogens is 228 g/mol. The Balaban J connectivity index is 0.00000128. The Morgan fingerprint density at radius 2 is 2.25 bits per heavy atom. The second-order valence-electron chi connectivity index (χ2n) is 4.46. The average Bonchev–Trinajstić information content (AvgIpc) is 2.18. The van der Waals surface area contributed by atoms with Crippen LogP contribution < -0.4 is 17.7 Å². The van der Waals surface area contributed by atoms with Gasteiger partial charge in [0, 0.05) is 31.2 Å². The first-order chi connectivity index (χ1) is 7.03. The quantitative estimate of drug-likeness (QED) is 0.567. The number of aliphatic hydroxyl groups is 1. The van der Waals surface area contributed by atoms with Crippen molar-refractivity contribution in [1.29, 1.82) is 0 Å². The van der Waals surface area contributed by atoms with E-state index in [0.29, 0.717) is 6.61 Å². The van der Waals surface area contributed by atoms with Crippen molar-refractivity contribution in [2.75, 3.05) is 0 Å². The molecule has 1 aliphatic rings. The number of aryl methyl sites for hydroxylation is 1. The van der Waals surface area contributed by atoms with Gasteiger partial charge in [-0.15, -0.1) is 0 Å². The molecule has 0 radical (unpaired) electrons. The van der Waals surface area contributed by atoms with Gasteiger partial charge in [0.25, 0.3) is 0 Å². The molecule has 5 heteroatoms. The zero-order chi connectivity index (χ0) is 11.1. The number of fused-ring (bicyclic) bond motifs is 1. The van der Waals surface area contributed by atoms with E-state index in [9.17, 15) is 5.11 Å². The molecule has 1 aromatic rings. The van der Waals surface area contributed by atoms with Gasteiger partial charge in [-0.05, 0) is 6.92 Å². The first-order valence-corrected chi connectivity index (χ1v) is 5.11. The van der Waals surface area contributed by atoms with Crippen LogP contribution in [0.1, 0.15) is 30.7 Å². The molecule has 3 N–H and O–H groups in total. The monoisotopic (exact) mass is 244 g/mol. The second-order valence-corrected chi connectivity index (χ2v) is 4.46. The van der Waals surface area contributed by atoms with E-state index in [0.717, 1.165) is 22.5 Å². The van der Waals surface area contributed by atoms with E-state index in [1.54, 1.807) is 6.20 Å². The molecule has 90 valence electrons. The first kappa shape index (κ1) is 13.4. The number of nitrogens with two attached hydrogens (primary N) is 1. The van der Waals surface area contributed by atoms with Crippen LogP contribution in [0.25, 0.3) is 0 Å². The summed E-state index contributed by atoms with van der Waals surface area (Å²) < 4.78 is 5.69. The lowest BCUT2D eigenvalue weighted by Gasteiger charge is -2.30. The van der Waals surface area contributed by atoms with Crippen LogP contribution in [0.15, 0.2) is 6.20 Å². The number of hydrogen-bond donors (Lipinski definition) is 2. The van der Waals surface area contributed by atoms with E-state index >= 15 is 0 Å². The number of aromatic nitrogens is 1. The van der Waals surface area contributed by atoms with Crippen molar-refractivity contribution in [3.05, 3.63) is 23.0 Å². The van der Waals surface area contributed by atoms with Gasteiger partial charge in [-0.25, -0.2) is 0 Å². The number of pyridine rings is 1. The van der Waals surface area contributed by atoms with Crippen LogP contribution in [-0.4, -0.2) is 15.8 Å². The number of ether oxygens (including phenoxy) is 1. The second kappa shape index (κ2) is 4.67. The Morgan fingerprint density at radius 3 is 2.88 bits per heavy atom. The highest BCUT2D eigenvalue weighted by molar-refractivity contribution is 5.47. The van der Waals surface area contributed by atoms with Gasteiger partial charge in [0.2, 0.25) is 0 Å². The fourth-order valence-corrected chi connectivity index (χ4v) is 1.86. The topological polar surface area (TPSA) is 59.0 Å². The van der Waals surface area contributed by atoms with Crippen molar-refractivity contribution < 1.29 is 27.6 Å². The molecule has 4 nitrogen and oxygen atoms in total. The van der Waals surface area contributed by atoms with E-state index in [1.165, 1.54) is 0 Å². The molecule has 2 rings (SSSR count). The number of hydrogen-bond acceptors (Lipinski definition) is 3. The highest BCUT2D eigenvalue weighted by Gasteiger charge is 2.32. The molecule has 16 heavy (non-hydrogen) atoms. The maximum atomic E-state index is 9.21. The minimum atomic E-state index is -0.243. The highest BCUT2D eigenvalue weighted by atomic mass is 35.5. The summed E-state index contributed by atoms with van der Waals surface area (Å²) in [5.41, 5.74) is 3.82. The minimum absolute atomic E-state index is 0. The first-order valence-electron chi connectivity index (χ1n) is 5.11. The molecular formula is C11H17ClN2O2. The maximum Gasteiger partial charge on any atom is 0.199 e. The van der Waals surface area contributed by atoms with Gasteiger partial charge in [0.1, 0.15) is 0 Å². The van der Waals surface area contributed by atoms with Gasteiger partial charge in [0.05, 0.1) is 18.9 Å². The van der Waals surface area contributed by atoms with Gasteiger partial charge in [-0.3, -0.25) is 10.3 Å². The molecule has 0 aromatic carbocycles. The van der Waals surface area contributed by atoms with Crippen LogP contribution in [0, 0.1) is 6.92 Å². The van der Waals surface area contributed by atoms with Crippen molar-refractivity contribution >= 4 is 5.69 Å². The summed E-state index contributed by atoms with van der Waals surface area (Å²) in [5.74, 6) is 0. The van der Waals surface area contributed by atoms with Crippen molar-refractivity contribution in [3.8, 4) is 0 Å². The summed E-state index contributed by atoms with van der Waals surface area (Å²) in [7, 11) is 0. The smallest absolute Gasteiger partial charge is 0.199 e. The molecule has 0 spiro atoms. The van der Waals surface area contributed by atoms with Crippen LogP contribution in [0.4, 0.5) is 5.69 Å². The number of halogens is 1. The standard InChI is InChI=1S/C11H16N2O2.ClH/c1-7-10-9(8(5-14)4-12-7)6-15-11(2,3)13-10;/h4,13-14H,5-6H2,1-3H3;1H. The number of nitrogens with zero attached hydrogens (tertiary/aromatic N) is 1. The van der Waals surface area contributed by atoms with Crippen LogP contribution in [-0.2, 0) is 18.0 Å². The third-order valence-electron chi connectivity index (χ3n) is 2.77. The summed E-state index contributed by atoms with van der Waals surface area (Å²) >= 11 is 0. The Morgan fingerprint density at radius 1 is 1.56 bits per heavy atom. The molecule has 2 heterocycles. The van der Waals surface area contributed by atoms with Gasteiger partial charge in [-0.1, -0.05) is 0 Å². The van der Waals surface area contributed by atoms with Crippen molar-refractivity contribution in [1.82, 2.24) is 4.98 Å². The predicted octanol–water partition coefficient (Wildman–Crippen LogP) is -2.65. The van der Waals surface area contributed by atoms with Crippen molar-refractivity contribution in [2.45, 2.75) is 39.7 Å². The zero-order valence-electron chi connectivity index (χ0n) is 9.75. The number of aliphatic hydroxyl groups excluding tert-OH is 1. The Kier molecular flexibility index (Phi) is 3.91. The number of rotatable bonds is 1. The van der Waals surface area contributed by atoms with Crippen LogP contribution in [0.2, 0.25) is 0 Å². The third kappa shape index (κ3) is 2.35. The molecule has 1 aromatic heterocycles. The molecule has 0 amide bonds. The van der Waals surface area contributed by atoms with Gasteiger partial charge in [-0.2, -0.15) is 0 Å². The Hall–Kier alpha value is -0.680. The molecule has 0 bridgehead atoms. The Bertz CT molecular complexity index is 394. The van der Waals surface area contributed by atoms with Gasteiger partial charge in [0.15, 0.2) is 11.4 Å². The predicted molar refractivity (Wildman–Crippen MR) is 55.4 cm³/mol. The lowest BCUT2D eigenvalue weighted by atomic mass is 10.0. The lowest BCUT2D eigenvalue weighted by molar-refractivity contribution is -0.706. The van der Waals surface area contributed by atoms with E-state index < -0.39 is 0 Å². The summed E-state index contributed by atoms with van der Waals surface area (Å²) in [6, 6.07) is 0. The Labute approximate surface area is 101 Å². The molecule has 0 atom stereocenters. The molecule has 0 saturated heterocycles. The normalized spacial score (nSPS) is 17.5. The average molecular weight is 245 g/mol. The van der Waals surface area contributed by atoms with E-state index in [-0.39, 0.29) is 24.7 Å². The van der Waals surface area contributed by atoms with E-state index in [2.05, 4.69) is 10.3 Å².